The number of benzene rings is 8. The molecule has 4 aliphatic rings. The summed E-state index contributed by atoms with van der Waals surface area (Å²) in [5.74, 6) is -1.70. The number of fused-ring (bicyclic) bond motifs is 4. The third-order valence-corrected chi connectivity index (χ3v) is 22.8. The van der Waals surface area contributed by atoms with Crippen LogP contribution in [0.3, 0.4) is 0 Å². The molecule has 4 saturated heterocycles. The lowest BCUT2D eigenvalue weighted by molar-refractivity contribution is 0.101. The fraction of sp³-hybridized carbons (Fsp3) is 0.261. The summed E-state index contributed by atoms with van der Waals surface area (Å²) < 4.78 is 50.3. The molecule has 0 atom stereocenters. The summed E-state index contributed by atoms with van der Waals surface area (Å²) in [7, 11) is 9.32. The van der Waals surface area contributed by atoms with Gasteiger partial charge in [0.2, 0.25) is 0 Å². The van der Waals surface area contributed by atoms with E-state index in [2.05, 4.69) is 133 Å². The Morgan fingerprint density at radius 3 is 1.00 bits per heavy atom. The van der Waals surface area contributed by atoms with Gasteiger partial charge < -0.3 is 31.1 Å². The second-order valence-corrected chi connectivity index (χ2v) is 32.3. The minimum absolute atomic E-state index is 0.216. The first-order valence-electron chi connectivity index (χ1n) is 41.4. The van der Waals surface area contributed by atoms with E-state index in [1.807, 2.05) is 123 Å². The van der Waals surface area contributed by atoms with Crippen LogP contribution in [0.4, 0.5) is 41.6 Å². The number of hydrogen-bond donors (Lipinski definition) is 8. The highest BCUT2D eigenvalue weighted by molar-refractivity contribution is 6.14. The van der Waals surface area contributed by atoms with Gasteiger partial charge in [0.15, 0.2) is 22.8 Å². The van der Waals surface area contributed by atoms with Gasteiger partial charge in [0.1, 0.15) is 17.5 Å². The molecule has 0 aliphatic carbocycles. The number of aryl methyl sites for hydroxylation is 4. The first-order valence-corrected chi connectivity index (χ1v) is 41.4. The minimum Gasteiger partial charge on any atom is -0.369 e. The quantitative estimate of drug-likeness (QED) is 0.0373. The van der Waals surface area contributed by atoms with Crippen LogP contribution in [0.25, 0.3) is 88.1 Å². The van der Waals surface area contributed by atoms with Crippen LogP contribution in [0.5, 0.6) is 0 Å². The number of rotatable bonds is 19. The topological polar surface area (TPSA) is 319 Å². The van der Waals surface area contributed by atoms with Gasteiger partial charge in [0.25, 0.3) is 23.6 Å². The van der Waals surface area contributed by atoms with Crippen molar-refractivity contribution in [2.24, 2.45) is 34.1 Å². The van der Waals surface area contributed by atoms with Crippen molar-refractivity contribution in [2.45, 2.75) is 52.2 Å². The van der Waals surface area contributed by atoms with Gasteiger partial charge in [-0.1, -0.05) is 49.4 Å². The molecule has 8 aromatic heterocycles. The van der Waals surface area contributed by atoms with Crippen LogP contribution in [-0.4, -0.2) is 196 Å². The van der Waals surface area contributed by atoms with E-state index in [0.29, 0.717) is 88.8 Å². The molecule has 124 heavy (non-hydrogen) atoms. The van der Waals surface area contributed by atoms with Gasteiger partial charge in [-0.3, -0.25) is 73.0 Å². The molecule has 29 nitrogen and oxygen atoms in total. The Bertz CT molecular complexity index is 6510. The van der Waals surface area contributed by atoms with Gasteiger partial charge in [-0.15, -0.1) is 0 Å². The smallest absolute Gasteiger partial charge is 0.276 e. The van der Waals surface area contributed by atoms with E-state index >= 15 is 0 Å². The number of likely N-dealkylation sites (tertiary alicyclic amines) is 3. The fourth-order valence-corrected chi connectivity index (χ4v) is 16.2. The summed E-state index contributed by atoms with van der Waals surface area (Å²) in [4.78, 5) is 63.5. The van der Waals surface area contributed by atoms with Gasteiger partial charge in [-0.25, -0.2) is 13.2 Å². The maximum atomic E-state index is 14.6. The normalized spacial score (nSPS) is 14.6. The van der Waals surface area contributed by atoms with Crippen LogP contribution in [0.15, 0.2) is 201 Å². The molecule has 32 heteroatoms. The number of nitrogens with one attached hydrogen (secondary N) is 8. The van der Waals surface area contributed by atoms with Crippen LogP contribution in [0.1, 0.15) is 91.3 Å². The summed E-state index contributed by atoms with van der Waals surface area (Å²) in [6, 6.07) is 46.5. The number of hydrogen-bond acceptors (Lipinski definition) is 17. The number of carbonyl (C=O) groups is 4. The number of likely N-dealkylation sites (N-methyl/N-ethyl adjacent to an activating group) is 1. The van der Waals surface area contributed by atoms with E-state index in [9.17, 15) is 32.3 Å². The first kappa shape index (κ1) is 82.1. The minimum atomic E-state index is -0.402. The van der Waals surface area contributed by atoms with Crippen molar-refractivity contribution in [3.63, 3.8) is 0 Å². The predicted octanol–water partition coefficient (Wildman–Crippen LogP) is 14.7. The molecule has 8 aromatic carbocycles. The van der Waals surface area contributed by atoms with E-state index in [1.165, 1.54) is 73.7 Å². The molecule has 632 valence electrons. The number of piperazine rings is 1. The zero-order chi connectivity index (χ0) is 85.6. The van der Waals surface area contributed by atoms with E-state index < -0.39 is 17.5 Å². The number of anilines is 5. The third kappa shape index (κ3) is 18.9. The molecule has 16 aromatic rings. The Morgan fingerprint density at radius 1 is 0.355 bits per heavy atom. The van der Waals surface area contributed by atoms with Gasteiger partial charge in [0, 0.05) is 219 Å². The Labute approximate surface area is 711 Å². The summed E-state index contributed by atoms with van der Waals surface area (Å²) in [5, 5.41) is 58.5. The molecule has 8 N–H and O–H groups in total. The van der Waals surface area contributed by atoms with Crippen LogP contribution in [0, 0.1) is 23.4 Å². The summed E-state index contributed by atoms with van der Waals surface area (Å²) in [6.45, 7) is 16.0. The number of amides is 4. The summed E-state index contributed by atoms with van der Waals surface area (Å²) in [5.41, 5.74) is 16.0. The second kappa shape index (κ2) is 36.2. The number of aromatic amines is 4. The van der Waals surface area contributed by atoms with Crippen LogP contribution in [-0.2, 0) is 47.8 Å². The lowest BCUT2D eigenvalue weighted by Gasteiger charge is -2.37. The van der Waals surface area contributed by atoms with Gasteiger partial charge in [-0.2, -0.15) is 40.8 Å². The number of aromatic nitrogens is 16. The Morgan fingerprint density at radius 2 is 0.669 bits per heavy atom. The molecule has 0 bridgehead atoms. The van der Waals surface area contributed by atoms with Crippen molar-refractivity contribution >= 4 is 95.7 Å². The highest BCUT2D eigenvalue weighted by Gasteiger charge is 2.27. The zero-order valence-electron chi connectivity index (χ0n) is 69.5. The number of H-pyrrole nitrogens is 4. The number of halogens is 3. The lowest BCUT2D eigenvalue weighted by Crippen LogP contribution is -2.44. The SMILES string of the molecule is CC1CN(Cc2ccc(NC(=O)c3n[nH]c4cc(F)c(-c5cnn(C)c5)cc34)cc2)C1.CN1CCN(c2ccc(NC(=O)c3n[nH]c4cc(F)c(-c5cnn(C)c5)cc34)cc2)CC1.Cn1cc(-c2cc3c(C(=O)Nc4ccc(CN5CCCC5)cc4)n[nH]c3cc2F)cn1.Cn1cc(-c2ccc3[nH]nc(C(=O)Nc4ccc(CN5CCCC5)cc4)c3c2)cn1. The van der Waals surface area contributed by atoms with E-state index in [0.717, 1.165) is 111 Å². The first-order chi connectivity index (χ1) is 60.1. The number of carbonyl (C=O) groups excluding carboxylic acids is 4. The van der Waals surface area contributed by atoms with Crippen molar-refractivity contribution in [3.8, 4) is 44.5 Å². The standard InChI is InChI=1S/C23H24FN7O.2C23H23FN6O.C23H24N6O/c1-29-7-9-31(10-8-29)17-5-3-16(4-6-17)26-23(32)22-19-11-18(15-13-25-30(2)14-15)20(24)12-21(19)27-28-22;1-14-10-30(11-14)12-15-3-5-17(6-4-15)26-23(31)22-19-7-18(16-9-25-29(2)13-16)20(24)8-21(19)27-28-22;1-29-14-16(12-25-29)18-10-19-21(11-20(18)24)27-28-22(19)23(31)26-17-6-4-15(5-7-17)13-30-8-2-3-9-30;1-28-15-18(13-24-28)17-6-9-21-20(12-17)22(27-26-21)23(30)25-19-7-4-16(5-8-19)14-29-10-2-3-11-29/h3-6,11-14H,7-10H2,1-2H3,(H,26,32)(H,27,28);3-9,13-14H,10-12H2,1-2H3,(H,26,31)(H,27,28);4-7,10-12,14H,2-3,8-9,13H2,1H3,(H,26,31)(H,27,28);4-9,12-13,15H,2-3,10-11,14H2,1H3,(H,25,30)(H,26,27). The molecule has 0 radical (unpaired) electrons. The van der Waals surface area contributed by atoms with Crippen LogP contribution in [0.2, 0.25) is 0 Å². The average Bonchev–Trinajstić information content (AvgIpc) is 1.67. The lowest BCUT2D eigenvalue weighted by atomic mass is 10.0. The Hall–Kier alpha value is -14.2. The molecule has 20 rings (SSSR count). The van der Waals surface area contributed by atoms with E-state index in [-0.39, 0.29) is 40.7 Å². The van der Waals surface area contributed by atoms with Crippen molar-refractivity contribution < 1.29 is 32.3 Å². The van der Waals surface area contributed by atoms with Gasteiger partial charge in [0.05, 0.1) is 46.9 Å². The largest absolute Gasteiger partial charge is 0.369 e. The summed E-state index contributed by atoms with van der Waals surface area (Å²) >= 11 is 0. The molecule has 4 aliphatic heterocycles. The van der Waals surface area contributed by atoms with E-state index in [1.54, 1.807) is 95.3 Å². The van der Waals surface area contributed by atoms with Gasteiger partial charge >= 0.3 is 0 Å². The highest BCUT2D eigenvalue weighted by Crippen LogP contribution is 2.35. The fourth-order valence-electron chi connectivity index (χ4n) is 16.2. The Kier molecular flexibility index (Phi) is 24.0. The zero-order valence-corrected chi connectivity index (χ0v) is 69.5. The molecule has 0 spiro atoms. The molecule has 12 heterocycles. The Balaban J connectivity index is 0.000000117. The maximum Gasteiger partial charge on any atom is 0.276 e. The monoisotopic (exact) mass is 1670 g/mol. The molecular weight excluding hydrogens is 1580 g/mol. The molecule has 0 unspecified atom stereocenters. The average molecular weight is 1670 g/mol. The predicted molar refractivity (Wildman–Crippen MR) is 474 cm³/mol. The van der Waals surface area contributed by atoms with Crippen molar-refractivity contribution in [3.05, 3.63) is 258 Å². The van der Waals surface area contributed by atoms with Crippen molar-refractivity contribution in [2.75, 3.05) is 98.7 Å². The van der Waals surface area contributed by atoms with E-state index in [4.69, 9.17) is 0 Å². The summed E-state index contributed by atoms with van der Waals surface area (Å²) in [6.07, 6.45) is 18.8. The van der Waals surface area contributed by atoms with Crippen molar-refractivity contribution in [1.82, 2.24) is 99.5 Å². The number of nitrogens with zero attached hydrogens (tertiary/aromatic N) is 17. The van der Waals surface area contributed by atoms with Crippen LogP contribution < -0.4 is 26.2 Å². The molecule has 0 saturated carbocycles. The second-order valence-electron chi connectivity index (χ2n) is 32.3. The van der Waals surface area contributed by atoms with Crippen LogP contribution >= 0.6 is 0 Å². The van der Waals surface area contributed by atoms with Crippen molar-refractivity contribution in [1.29, 1.82) is 0 Å². The third-order valence-electron chi connectivity index (χ3n) is 22.8. The molecule has 4 fully saturated rings. The molecule has 4 amide bonds. The van der Waals surface area contributed by atoms with Gasteiger partial charge in [-0.05, 0) is 178 Å². The maximum absolute atomic E-state index is 14.6. The molecular formula is C92H94F3N25O4. The highest BCUT2D eigenvalue weighted by atomic mass is 19.1.